The number of aryl methyl sites for hydroxylation is 2. The third-order valence-corrected chi connectivity index (χ3v) is 4.60. The minimum absolute atomic E-state index is 0.0223. The lowest BCUT2D eigenvalue weighted by Crippen LogP contribution is -2.11. The highest BCUT2D eigenvalue weighted by atomic mass is 16.5. The molecule has 0 radical (unpaired) electrons. The van der Waals surface area contributed by atoms with Gasteiger partial charge >= 0.3 is 0 Å². The molecule has 0 spiro atoms. The molecule has 1 aliphatic rings. The number of nitrogens with zero attached hydrogens (tertiary/aromatic N) is 3. The highest BCUT2D eigenvalue weighted by Gasteiger charge is 2.27. The Bertz CT molecular complexity index is 882. The molecule has 0 fully saturated rings. The summed E-state index contributed by atoms with van der Waals surface area (Å²) >= 11 is 0. The van der Waals surface area contributed by atoms with Gasteiger partial charge in [-0.1, -0.05) is 53.2 Å². The summed E-state index contributed by atoms with van der Waals surface area (Å²) in [6.07, 6.45) is 0.855. The van der Waals surface area contributed by atoms with Crippen molar-refractivity contribution in [2.75, 3.05) is 7.11 Å². The second-order valence-corrected chi connectivity index (χ2v) is 6.09. The average molecular weight is 305 g/mol. The summed E-state index contributed by atoms with van der Waals surface area (Å²) in [5.74, 6) is 0. The van der Waals surface area contributed by atoms with Gasteiger partial charge in [-0.15, -0.1) is 5.10 Å². The molecule has 116 valence electrons. The van der Waals surface area contributed by atoms with Crippen molar-refractivity contribution < 1.29 is 4.74 Å². The predicted molar refractivity (Wildman–Crippen MR) is 90.1 cm³/mol. The number of fused-ring (bicyclic) bond motifs is 5. The van der Waals surface area contributed by atoms with E-state index in [2.05, 4.69) is 59.7 Å². The molecule has 23 heavy (non-hydrogen) atoms. The molecule has 0 amide bonds. The third kappa shape index (κ3) is 2.18. The number of ether oxygens (including phenoxy) is 1. The smallest absolute Gasteiger partial charge is 0.121 e. The standard InChI is InChI=1S/C19H19N3O/c1-12-8-9-15-16(10-12)17(23-3)11-13-6-4-5-7-14(13)18-19(15)22(2)21-20-18/h4-10,17H,11H2,1-3H3. The zero-order chi connectivity index (χ0) is 16.0. The van der Waals surface area contributed by atoms with E-state index in [9.17, 15) is 0 Å². The SMILES string of the molecule is COC1Cc2ccccc2-c2nnn(C)c2-c2ccc(C)cc21. The maximum Gasteiger partial charge on any atom is 0.121 e. The van der Waals surface area contributed by atoms with Crippen molar-refractivity contribution in [3.05, 3.63) is 59.2 Å². The molecular weight excluding hydrogens is 286 g/mol. The molecule has 1 unspecified atom stereocenters. The second kappa shape index (κ2) is 5.32. The number of hydrogen-bond donors (Lipinski definition) is 0. The van der Waals surface area contributed by atoms with Gasteiger partial charge in [0.05, 0.1) is 11.8 Å². The zero-order valence-electron chi connectivity index (χ0n) is 13.6. The van der Waals surface area contributed by atoms with Gasteiger partial charge in [-0.25, -0.2) is 4.68 Å². The van der Waals surface area contributed by atoms with Crippen LogP contribution in [0.15, 0.2) is 42.5 Å². The molecular formula is C19H19N3O. The van der Waals surface area contributed by atoms with Gasteiger partial charge in [-0.05, 0) is 18.1 Å². The molecule has 1 aliphatic carbocycles. The van der Waals surface area contributed by atoms with Gasteiger partial charge in [0.2, 0.25) is 0 Å². The summed E-state index contributed by atoms with van der Waals surface area (Å²) in [7, 11) is 3.73. The molecule has 1 aromatic heterocycles. The van der Waals surface area contributed by atoms with Crippen LogP contribution in [0.25, 0.3) is 22.5 Å². The Kier molecular flexibility index (Phi) is 3.27. The highest BCUT2D eigenvalue weighted by molar-refractivity contribution is 5.82. The van der Waals surface area contributed by atoms with Crippen LogP contribution in [0.5, 0.6) is 0 Å². The van der Waals surface area contributed by atoms with E-state index in [0.29, 0.717) is 0 Å². The van der Waals surface area contributed by atoms with Crippen molar-refractivity contribution >= 4 is 0 Å². The van der Waals surface area contributed by atoms with Gasteiger partial charge in [0, 0.05) is 31.7 Å². The fraction of sp³-hybridized carbons (Fsp3) is 0.263. The van der Waals surface area contributed by atoms with Crippen molar-refractivity contribution in [3.8, 4) is 22.5 Å². The first-order valence-corrected chi connectivity index (χ1v) is 7.80. The minimum Gasteiger partial charge on any atom is -0.376 e. The van der Waals surface area contributed by atoms with E-state index in [1.807, 2.05) is 11.7 Å². The summed E-state index contributed by atoms with van der Waals surface area (Å²) in [6, 6.07) is 14.9. The van der Waals surface area contributed by atoms with Crippen molar-refractivity contribution in [2.45, 2.75) is 19.4 Å². The predicted octanol–water partition coefficient (Wildman–Crippen LogP) is 3.70. The van der Waals surface area contributed by atoms with E-state index in [-0.39, 0.29) is 6.10 Å². The van der Waals surface area contributed by atoms with Crippen LogP contribution in [-0.4, -0.2) is 22.1 Å². The van der Waals surface area contributed by atoms with Crippen LogP contribution in [0.3, 0.4) is 0 Å². The van der Waals surface area contributed by atoms with Crippen molar-refractivity contribution in [1.29, 1.82) is 0 Å². The van der Waals surface area contributed by atoms with Crippen LogP contribution < -0.4 is 0 Å². The van der Waals surface area contributed by atoms with E-state index in [4.69, 9.17) is 4.74 Å². The Labute approximate surface area is 135 Å². The Morgan fingerprint density at radius 1 is 1.13 bits per heavy atom. The Balaban J connectivity index is 2.09. The normalized spacial score (nSPS) is 16.0. The molecule has 4 nitrogen and oxygen atoms in total. The second-order valence-electron chi connectivity index (χ2n) is 6.09. The quantitative estimate of drug-likeness (QED) is 0.688. The molecule has 0 saturated carbocycles. The molecule has 0 saturated heterocycles. The average Bonchev–Trinajstić information content (AvgIpc) is 2.92. The molecule has 0 N–H and O–H groups in total. The Morgan fingerprint density at radius 3 is 2.78 bits per heavy atom. The van der Waals surface area contributed by atoms with Gasteiger partial charge in [0.25, 0.3) is 0 Å². The van der Waals surface area contributed by atoms with E-state index in [0.717, 1.165) is 28.9 Å². The van der Waals surface area contributed by atoms with Crippen molar-refractivity contribution in [3.63, 3.8) is 0 Å². The fourth-order valence-electron chi connectivity index (χ4n) is 3.45. The van der Waals surface area contributed by atoms with Crippen LogP contribution in [0, 0.1) is 6.92 Å². The maximum absolute atomic E-state index is 5.85. The first-order chi connectivity index (χ1) is 11.2. The summed E-state index contributed by atoms with van der Waals surface area (Å²) in [5.41, 5.74) is 7.97. The Morgan fingerprint density at radius 2 is 1.96 bits per heavy atom. The summed E-state index contributed by atoms with van der Waals surface area (Å²) < 4.78 is 7.71. The van der Waals surface area contributed by atoms with Crippen molar-refractivity contribution in [2.24, 2.45) is 7.05 Å². The summed E-state index contributed by atoms with van der Waals surface area (Å²) in [4.78, 5) is 0. The van der Waals surface area contributed by atoms with Crippen LogP contribution >= 0.6 is 0 Å². The van der Waals surface area contributed by atoms with Gasteiger partial charge < -0.3 is 4.74 Å². The van der Waals surface area contributed by atoms with Crippen LogP contribution in [0.1, 0.15) is 22.8 Å². The summed E-state index contributed by atoms with van der Waals surface area (Å²) in [6.45, 7) is 2.11. The molecule has 4 heteroatoms. The number of methoxy groups -OCH3 is 1. The highest BCUT2D eigenvalue weighted by Crippen LogP contribution is 2.41. The molecule has 3 aromatic rings. The molecule has 4 rings (SSSR count). The summed E-state index contributed by atoms with van der Waals surface area (Å²) in [5, 5.41) is 8.72. The van der Waals surface area contributed by atoms with Gasteiger partial charge in [0.1, 0.15) is 5.69 Å². The number of rotatable bonds is 1. The van der Waals surface area contributed by atoms with Crippen LogP contribution in [0.2, 0.25) is 0 Å². The van der Waals surface area contributed by atoms with E-state index < -0.39 is 0 Å². The molecule has 0 aliphatic heterocycles. The molecule has 1 heterocycles. The van der Waals surface area contributed by atoms with Crippen LogP contribution in [-0.2, 0) is 18.2 Å². The Hall–Kier alpha value is -2.46. The lowest BCUT2D eigenvalue weighted by atomic mass is 9.87. The van der Waals surface area contributed by atoms with E-state index >= 15 is 0 Å². The molecule has 0 bridgehead atoms. The first kappa shape index (κ1) is 14.2. The maximum atomic E-state index is 5.85. The van der Waals surface area contributed by atoms with Crippen molar-refractivity contribution in [1.82, 2.24) is 15.0 Å². The first-order valence-electron chi connectivity index (χ1n) is 7.80. The monoisotopic (exact) mass is 305 g/mol. The van der Waals surface area contributed by atoms with Gasteiger partial charge in [-0.2, -0.15) is 0 Å². The lowest BCUT2D eigenvalue weighted by molar-refractivity contribution is 0.104. The number of benzene rings is 2. The topological polar surface area (TPSA) is 39.9 Å². The van der Waals surface area contributed by atoms with E-state index in [1.165, 1.54) is 16.7 Å². The molecule has 1 atom stereocenters. The number of aromatic nitrogens is 3. The lowest BCUT2D eigenvalue weighted by Gasteiger charge is -2.24. The third-order valence-electron chi connectivity index (χ3n) is 4.60. The molecule has 2 aromatic carbocycles. The van der Waals surface area contributed by atoms with Crippen LogP contribution in [0.4, 0.5) is 0 Å². The fourth-order valence-corrected chi connectivity index (χ4v) is 3.45. The van der Waals surface area contributed by atoms with Gasteiger partial charge in [-0.3, -0.25) is 0 Å². The zero-order valence-corrected chi connectivity index (χ0v) is 13.6. The largest absolute Gasteiger partial charge is 0.376 e. The number of hydrogen-bond acceptors (Lipinski definition) is 3. The van der Waals surface area contributed by atoms with E-state index in [1.54, 1.807) is 7.11 Å². The van der Waals surface area contributed by atoms with Gasteiger partial charge in [0.15, 0.2) is 0 Å². The minimum atomic E-state index is 0.0223.